The Kier molecular flexibility index (Phi) is 4.18. The molecule has 2 nitrogen and oxygen atoms in total. The van der Waals surface area contributed by atoms with Crippen LogP contribution in [0.2, 0.25) is 10.0 Å². The summed E-state index contributed by atoms with van der Waals surface area (Å²) in [6.07, 6.45) is 0.990. The Bertz CT molecular complexity index is 637. The smallest absolute Gasteiger partial charge is 0.253 e. The van der Waals surface area contributed by atoms with E-state index in [0.717, 1.165) is 19.5 Å². The van der Waals surface area contributed by atoms with Gasteiger partial charge in [0.25, 0.3) is 5.91 Å². The summed E-state index contributed by atoms with van der Waals surface area (Å²) in [7, 11) is 0. The average molecular weight is 320 g/mol. The van der Waals surface area contributed by atoms with E-state index < -0.39 is 0 Å². The van der Waals surface area contributed by atoms with Gasteiger partial charge in [0.15, 0.2) is 0 Å². The second kappa shape index (κ2) is 6.08. The molecule has 1 amide bonds. The SMILES string of the molecule is O=C(c1cc(Cl)cc(Cl)c1)N1CCC(c2ccccc2)C1. The molecule has 1 saturated heterocycles. The molecule has 0 aliphatic carbocycles. The highest BCUT2D eigenvalue weighted by Crippen LogP contribution is 2.29. The minimum Gasteiger partial charge on any atom is -0.338 e. The van der Waals surface area contributed by atoms with Crippen LogP contribution in [0.1, 0.15) is 28.3 Å². The van der Waals surface area contributed by atoms with Crippen LogP contribution in [0, 0.1) is 0 Å². The Morgan fingerprint density at radius 2 is 1.71 bits per heavy atom. The fraction of sp³-hybridized carbons (Fsp3) is 0.235. The highest BCUT2D eigenvalue weighted by molar-refractivity contribution is 6.35. The van der Waals surface area contributed by atoms with E-state index in [9.17, 15) is 4.79 Å². The lowest BCUT2D eigenvalue weighted by atomic mass is 9.99. The van der Waals surface area contributed by atoms with Crippen molar-refractivity contribution in [3.63, 3.8) is 0 Å². The van der Waals surface area contributed by atoms with Crippen molar-refractivity contribution in [1.29, 1.82) is 0 Å². The largest absolute Gasteiger partial charge is 0.338 e. The molecule has 3 rings (SSSR count). The summed E-state index contributed by atoms with van der Waals surface area (Å²) in [6, 6.07) is 15.3. The predicted octanol–water partition coefficient (Wildman–Crippen LogP) is 4.62. The van der Waals surface area contributed by atoms with Crippen LogP contribution in [0.4, 0.5) is 0 Å². The van der Waals surface area contributed by atoms with Gasteiger partial charge in [-0.15, -0.1) is 0 Å². The Balaban J connectivity index is 1.75. The van der Waals surface area contributed by atoms with Crippen LogP contribution in [0.5, 0.6) is 0 Å². The molecule has 1 heterocycles. The number of carbonyl (C=O) groups excluding carboxylic acids is 1. The second-order valence-electron chi connectivity index (χ2n) is 5.31. The maximum absolute atomic E-state index is 12.5. The molecular formula is C17H15Cl2NO. The van der Waals surface area contributed by atoms with Crippen LogP contribution in [0.3, 0.4) is 0 Å². The first kappa shape index (κ1) is 14.4. The van der Waals surface area contributed by atoms with Crippen molar-refractivity contribution in [2.24, 2.45) is 0 Å². The van der Waals surface area contributed by atoms with Crippen molar-refractivity contribution in [3.05, 3.63) is 69.7 Å². The summed E-state index contributed by atoms with van der Waals surface area (Å²) in [5.41, 5.74) is 1.85. The van der Waals surface area contributed by atoms with Gasteiger partial charge >= 0.3 is 0 Å². The fourth-order valence-electron chi connectivity index (χ4n) is 2.80. The average Bonchev–Trinajstić information content (AvgIpc) is 2.96. The molecule has 2 aromatic rings. The van der Waals surface area contributed by atoms with E-state index in [-0.39, 0.29) is 5.91 Å². The number of rotatable bonds is 2. The minimum atomic E-state index is -0.00201. The molecule has 2 aromatic carbocycles. The number of amides is 1. The van der Waals surface area contributed by atoms with Gasteiger partial charge in [0.05, 0.1) is 0 Å². The first-order valence-corrected chi connectivity index (χ1v) is 7.69. The third kappa shape index (κ3) is 3.22. The van der Waals surface area contributed by atoms with Crippen LogP contribution >= 0.6 is 23.2 Å². The van der Waals surface area contributed by atoms with E-state index in [4.69, 9.17) is 23.2 Å². The van der Waals surface area contributed by atoms with Gasteiger partial charge in [-0.05, 0) is 30.2 Å². The van der Waals surface area contributed by atoms with Crippen molar-refractivity contribution in [2.75, 3.05) is 13.1 Å². The summed E-state index contributed by atoms with van der Waals surface area (Å²) in [4.78, 5) is 14.4. The highest BCUT2D eigenvalue weighted by Gasteiger charge is 2.28. The summed E-state index contributed by atoms with van der Waals surface area (Å²) in [5, 5.41) is 0.981. The van der Waals surface area contributed by atoms with E-state index in [1.807, 2.05) is 23.1 Å². The van der Waals surface area contributed by atoms with E-state index >= 15 is 0 Å². The maximum atomic E-state index is 12.5. The standard InChI is InChI=1S/C17H15Cl2NO/c18-15-8-14(9-16(19)10-15)17(21)20-7-6-13(11-20)12-4-2-1-3-5-12/h1-5,8-10,13H,6-7,11H2. The third-order valence-corrected chi connectivity index (χ3v) is 4.29. The number of carbonyl (C=O) groups is 1. The number of benzene rings is 2. The zero-order valence-electron chi connectivity index (χ0n) is 11.4. The number of nitrogens with zero attached hydrogens (tertiary/aromatic N) is 1. The van der Waals surface area contributed by atoms with Crippen LogP contribution in [-0.4, -0.2) is 23.9 Å². The molecule has 1 aliphatic heterocycles. The lowest BCUT2D eigenvalue weighted by molar-refractivity contribution is 0.0791. The summed E-state index contributed by atoms with van der Waals surface area (Å²) >= 11 is 11.9. The molecular weight excluding hydrogens is 305 g/mol. The van der Waals surface area contributed by atoms with Crippen LogP contribution in [-0.2, 0) is 0 Å². The van der Waals surface area contributed by atoms with Gasteiger partial charge in [0.1, 0.15) is 0 Å². The molecule has 1 unspecified atom stereocenters. The number of halogens is 2. The lowest BCUT2D eigenvalue weighted by Crippen LogP contribution is -2.28. The molecule has 1 aliphatic rings. The van der Waals surface area contributed by atoms with Gasteiger partial charge < -0.3 is 4.90 Å². The van der Waals surface area contributed by atoms with Crippen molar-refractivity contribution in [3.8, 4) is 0 Å². The van der Waals surface area contributed by atoms with Crippen molar-refractivity contribution in [1.82, 2.24) is 4.90 Å². The Labute approximate surface area is 134 Å². The zero-order valence-corrected chi connectivity index (χ0v) is 12.9. The van der Waals surface area contributed by atoms with Crippen molar-refractivity contribution < 1.29 is 4.79 Å². The van der Waals surface area contributed by atoms with Gasteiger partial charge in [0.2, 0.25) is 0 Å². The molecule has 0 bridgehead atoms. The Morgan fingerprint density at radius 3 is 2.38 bits per heavy atom. The number of hydrogen-bond donors (Lipinski definition) is 0. The first-order chi connectivity index (χ1) is 10.1. The van der Waals surface area contributed by atoms with E-state index in [1.165, 1.54) is 5.56 Å². The van der Waals surface area contributed by atoms with E-state index in [0.29, 0.717) is 21.5 Å². The van der Waals surface area contributed by atoms with Crippen LogP contribution < -0.4 is 0 Å². The molecule has 4 heteroatoms. The molecule has 108 valence electrons. The maximum Gasteiger partial charge on any atom is 0.253 e. The summed E-state index contributed by atoms with van der Waals surface area (Å²) < 4.78 is 0. The molecule has 0 saturated carbocycles. The quantitative estimate of drug-likeness (QED) is 0.790. The molecule has 21 heavy (non-hydrogen) atoms. The van der Waals surface area contributed by atoms with E-state index in [1.54, 1.807) is 18.2 Å². The molecule has 1 fully saturated rings. The van der Waals surface area contributed by atoms with Crippen molar-refractivity contribution >= 4 is 29.1 Å². The zero-order chi connectivity index (χ0) is 14.8. The first-order valence-electron chi connectivity index (χ1n) is 6.94. The summed E-state index contributed by atoms with van der Waals surface area (Å²) in [6.45, 7) is 1.51. The molecule has 0 N–H and O–H groups in total. The molecule has 0 radical (unpaired) electrons. The van der Waals surface area contributed by atoms with Gasteiger partial charge in [0, 0.05) is 34.6 Å². The highest BCUT2D eigenvalue weighted by atomic mass is 35.5. The van der Waals surface area contributed by atoms with Gasteiger partial charge in [-0.3, -0.25) is 4.79 Å². The minimum absolute atomic E-state index is 0.00201. The van der Waals surface area contributed by atoms with Crippen molar-refractivity contribution in [2.45, 2.75) is 12.3 Å². The second-order valence-corrected chi connectivity index (χ2v) is 6.18. The normalized spacial score (nSPS) is 18.0. The molecule has 1 atom stereocenters. The van der Waals surface area contributed by atoms with Crippen LogP contribution in [0.15, 0.2) is 48.5 Å². The number of hydrogen-bond acceptors (Lipinski definition) is 1. The monoisotopic (exact) mass is 319 g/mol. The summed E-state index contributed by atoms with van der Waals surface area (Å²) in [5.74, 6) is 0.405. The van der Waals surface area contributed by atoms with E-state index in [2.05, 4.69) is 12.1 Å². The fourth-order valence-corrected chi connectivity index (χ4v) is 3.33. The van der Waals surface area contributed by atoms with Gasteiger partial charge in [-0.1, -0.05) is 53.5 Å². The molecule has 0 spiro atoms. The Hall–Kier alpha value is -1.51. The Morgan fingerprint density at radius 1 is 1.05 bits per heavy atom. The number of likely N-dealkylation sites (tertiary alicyclic amines) is 1. The lowest BCUT2D eigenvalue weighted by Gasteiger charge is -2.17. The molecule has 0 aromatic heterocycles. The van der Waals surface area contributed by atoms with Gasteiger partial charge in [-0.25, -0.2) is 0 Å². The topological polar surface area (TPSA) is 20.3 Å². The van der Waals surface area contributed by atoms with Gasteiger partial charge in [-0.2, -0.15) is 0 Å². The predicted molar refractivity (Wildman–Crippen MR) is 86.2 cm³/mol. The third-order valence-electron chi connectivity index (χ3n) is 3.86. The van der Waals surface area contributed by atoms with Crippen LogP contribution in [0.25, 0.3) is 0 Å².